The number of nitrogens with zero attached hydrogens (tertiary/aromatic N) is 2. The maximum atomic E-state index is 13.4. The van der Waals surface area contributed by atoms with Crippen LogP contribution in [-0.2, 0) is 30.1 Å². The molecule has 8 nitrogen and oxygen atoms in total. The van der Waals surface area contributed by atoms with Crippen LogP contribution in [0, 0.1) is 0 Å². The fraction of sp³-hybridized carbons (Fsp3) is 0.632. The van der Waals surface area contributed by atoms with Crippen molar-refractivity contribution in [1.29, 1.82) is 0 Å². The predicted molar refractivity (Wildman–Crippen MR) is 103 cm³/mol. The second-order valence-electron chi connectivity index (χ2n) is 7.73. The Bertz CT molecular complexity index is 874. The predicted octanol–water partition coefficient (Wildman–Crippen LogP) is 1.14. The summed E-state index contributed by atoms with van der Waals surface area (Å²) in [6.45, 7) is 5.47. The Morgan fingerprint density at radius 2 is 1.75 bits per heavy atom. The number of benzene rings is 1. The molecule has 2 atom stereocenters. The lowest BCUT2D eigenvalue weighted by molar-refractivity contribution is -0.257. The van der Waals surface area contributed by atoms with Crippen molar-refractivity contribution < 1.29 is 22.7 Å². The van der Waals surface area contributed by atoms with Gasteiger partial charge < -0.3 is 20.1 Å². The van der Waals surface area contributed by atoms with E-state index in [9.17, 15) is 13.2 Å². The largest absolute Gasteiger partial charge is 0.338 e. The molecule has 0 aromatic heterocycles. The van der Waals surface area contributed by atoms with Gasteiger partial charge in [-0.15, -0.1) is 0 Å². The van der Waals surface area contributed by atoms with Crippen molar-refractivity contribution in [2.75, 3.05) is 31.2 Å². The van der Waals surface area contributed by atoms with Crippen molar-refractivity contribution in [1.82, 2.24) is 4.31 Å². The van der Waals surface area contributed by atoms with E-state index in [1.165, 1.54) is 4.31 Å². The molecule has 2 N–H and O–H groups in total. The van der Waals surface area contributed by atoms with Gasteiger partial charge in [0.25, 0.3) is 11.7 Å². The molecular formula is C19H27N3O5S. The summed E-state index contributed by atoms with van der Waals surface area (Å²) in [5.41, 5.74) is 7.10. The fourth-order valence-corrected chi connectivity index (χ4v) is 5.60. The van der Waals surface area contributed by atoms with E-state index >= 15 is 0 Å². The van der Waals surface area contributed by atoms with Gasteiger partial charge in [-0.25, -0.2) is 8.42 Å². The van der Waals surface area contributed by atoms with Crippen LogP contribution in [0.5, 0.6) is 0 Å². The second-order valence-corrected chi connectivity index (χ2v) is 9.67. The number of sulfonamides is 1. The number of hydrogen-bond acceptors (Lipinski definition) is 6. The molecule has 3 heterocycles. The van der Waals surface area contributed by atoms with Crippen LogP contribution in [-0.4, -0.2) is 57.0 Å². The molecule has 4 rings (SSSR count). The van der Waals surface area contributed by atoms with Gasteiger partial charge in [-0.2, -0.15) is 4.31 Å². The number of rotatable bonds is 4. The van der Waals surface area contributed by atoms with Crippen LogP contribution in [0.3, 0.4) is 0 Å². The van der Waals surface area contributed by atoms with Crippen LogP contribution in [0.1, 0.15) is 38.7 Å². The Hall–Kier alpha value is -1.52. The zero-order chi connectivity index (χ0) is 20.1. The fourth-order valence-electron chi connectivity index (χ4n) is 4.06. The molecule has 2 unspecified atom stereocenters. The van der Waals surface area contributed by atoms with Gasteiger partial charge in [0.1, 0.15) is 0 Å². The van der Waals surface area contributed by atoms with Crippen LogP contribution in [0.25, 0.3) is 0 Å². The van der Waals surface area contributed by atoms with Gasteiger partial charge >= 0.3 is 0 Å². The van der Waals surface area contributed by atoms with Crippen LogP contribution >= 0.6 is 0 Å². The van der Waals surface area contributed by atoms with E-state index in [0.29, 0.717) is 44.0 Å². The van der Waals surface area contributed by atoms with E-state index in [2.05, 4.69) is 0 Å². The molecule has 1 aromatic rings. The maximum absolute atomic E-state index is 13.4. The van der Waals surface area contributed by atoms with E-state index in [-0.39, 0.29) is 22.9 Å². The van der Waals surface area contributed by atoms with Gasteiger partial charge in [-0.3, -0.25) is 4.79 Å². The summed E-state index contributed by atoms with van der Waals surface area (Å²) >= 11 is 0. The molecule has 2 saturated heterocycles. The van der Waals surface area contributed by atoms with Crippen molar-refractivity contribution in [2.24, 2.45) is 5.73 Å². The molecule has 1 aromatic carbocycles. The summed E-state index contributed by atoms with van der Waals surface area (Å²) in [6.07, 6.45) is 2.40. The topological polar surface area (TPSA) is 102 Å². The molecule has 0 bridgehead atoms. The van der Waals surface area contributed by atoms with Crippen LogP contribution < -0.4 is 10.6 Å². The lowest BCUT2D eigenvalue weighted by Gasteiger charge is -2.34. The summed E-state index contributed by atoms with van der Waals surface area (Å²) in [5, 5.41) is 0. The summed E-state index contributed by atoms with van der Waals surface area (Å²) in [5.74, 6) is -1.93. The van der Waals surface area contributed by atoms with Crippen LogP contribution in [0.15, 0.2) is 23.1 Å². The molecule has 2 fully saturated rings. The molecule has 9 heteroatoms. The van der Waals surface area contributed by atoms with E-state index in [4.69, 9.17) is 15.2 Å². The highest BCUT2D eigenvalue weighted by Crippen LogP contribution is 2.47. The monoisotopic (exact) mass is 409 g/mol. The Balaban J connectivity index is 1.83. The molecule has 28 heavy (non-hydrogen) atoms. The smallest absolute Gasteiger partial charge is 0.292 e. The summed E-state index contributed by atoms with van der Waals surface area (Å²) in [4.78, 5) is 15.1. The number of fused-ring (bicyclic) bond motifs is 2. The van der Waals surface area contributed by atoms with E-state index in [0.717, 1.165) is 12.8 Å². The normalized spacial score (nSPS) is 24.5. The number of carbonyl (C=O) groups is 1. The first kappa shape index (κ1) is 19.8. The third kappa shape index (κ3) is 2.88. The van der Waals surface area contributed by atoms with E-state index in [1.54, 1.807) is 23.1 Å². The van der Waals surface area contributed by atoms with E-state index < -0.39 is 15.8 Å². The van der Waals surface area contributed by atoms with Crippen molar-refractivity contribution in [2.45, 2.75) is 55.9 Å². The highest BCUT2D eigenvalue weighted by molar-refractivity contribution is 7.89. The quantitative estimate of drug-likeness (QED) is 0.800. The minimum absolute atomic E-state index is 0.161. The summed E-state index contributed by atoms with van der Waals surface area (Å²) in [6, 6.07) is 4.21. The van der Waals surface area contributed by atoms with Gasteiger partial charge in [-0.05, 0) is 51.3 Å². The molecule has 0 saturated carbocycles. The number of carbonyl (C=O) groups excluding carboxylic acids is 1. The Labute approximate surface area is 165 Å². The molecule has 3 aliphatic heterocycles. The average Bonchev–Trinajstić information content (AvgIpc) is 3.30. The number of anilines is 1. The van der Waals surface area contributed by atoms with Gasteiger partial charge in [-0.1, -0.05) is 0 Å². The zero-order valence-electron chi connectivity index (χ0n) is 16.3. The van der Waals surface area contributed by atoms with Crippen molar-refractivity contribution in [3.05, 3.63) is 23.8 Å². The molecule has 0 radical (unpaired) electrons. The SMILES string of the molecule is CC(N)C(C)N1C(=O)C2(OCCCO2)c2cc(S(=O)(=O)N3CCCC3)ccc21. The number of ether oxygens (including phenoxy) is 2. The average molecular weight is 410 g/mol. The minimum Gasteiger partial charge on any atom is -0.338 e. The standard InChI is InChI=1S/C19H27N3O5S/c1-13(20)14(2)22-17-7-6-15(28(24,25)21-8-3-4-9-21)12-16(17)19(18(22)23)26-10-5-11-27-19/h6-7,12-14H,3-5,8-11,20H2,1-2H3. The lowest BCUT2D eigenvalue weighted by atomic mass is 10.1. The van der Waals surface area contributed by atoms with E-state index in [1.807, 2.05) is 13.8 Å². The van der Waals surface area contributed by atoms with Gasteiger partial charge in [0.2, 0.25) is 10.0 Å². The maximum Gasteiger partial charge on any atom is 0.292 e. The van der Waals surface area contributed by atoms with Crippen molar-refractivity contribution in [3.8, 4) is 0 Å². The van der Waals surface area contributed by atoms with Crippen LogP contribution in [0.4, 0.5) is 5.69 Å². The summed E-state index contributed by atoms with van der Waals surface area (Å²) < 4.78 is 39.3. The number of hydrogen-bond donors (Lipinski definition) is 1. The van der Waals surface area contributed by atoms with Gasteiger partial charge in [0.15, 0.2) is 0 Å². The second kappa shape index (κ2) is 7.07. The van der Waals surface area contributed by atoms with Crippen molar-refractivity contribution >= 4 is 21.6 Å². The first-order chi connectivity index (χ1) is 13.3. The van der Waals surface area contributed by atoms with Crippen LogP contribution in [0.2, 0.25) is 0 Å². The summed E-state index contributed by atoms with van der Waals surface area (Å²) in [7, 11) is -3.62. The molecule has 154 valence electrons. The lowest BCUT2D eigenvalue weighted by Crippen LogP contribution is -2.53. The molecule has 1 amide bonds. The first-order valence-corrected chi connectivity index (χ1v) is 11.2. The molecule has 1 spiro atoms. The zero-order valence-corrected chi connectivity index (χ0v) is 17.1. The highest BCUT2D eigenvalue weighted by atomic mass is 32.2. The molecule has 0 aliphatic carbocycles. The minimum atomic E-state index is -3.62. The first-order valence-electron chi connectivity index (χ1n) is 9.81. The van der Waals surface area contributed by atoms with Gasteiger partial charge in [0, 0.05) is 30.7 Å². The number of nitrogens with two attached hydrogens (primary N) is 1. The number of amides is 1. The third-order valence-electron chi connectivity index (χ3n) is 5.85. The van der Waals surface area contributed by atoms with Gasteiger partial charge in [0.05, 0.1) is 23.8 Å². The third-order valence-corrected chi connectivity index (χ3v) is 7.75. The van der Waals surface area contributed by atoms with Crippen molar-refractivity contribution in [3.63, 3.8) is 0 Å². The highest BCUT2D eigenvalue weighted by Gasteiger charge is 2.56. The Morgan fingerprint density at radius 1 is 1.11 bits per heavy atom. The Morgan fingerprint density at radius 3 is 2.36 bits per heavy atom. The Kier molecular flexibility index (Phi) is 4.99. The molecule has 3 aliphatic rings. The molecular weight excluding hydrogens is 382 g/mol.